The van der Waals surface area contributed by atoms with E-state index in [1.54, 1.807) is 7.05 Å². The van der Waals surface area contributed by atoms with Gasteiger partial charge in [-0.05, 0) is 26.4 Å². The minimum atomic E-state index is -0.493. The SMILES string of the molecule is CNC1(C(=O)OC)CCCNC1. The highest BCUT2D eigenvalue weighted by Crippen LogP contribution is 2.16. The molecule has 0 aromatic rings. The summed E-state index contributed by atoms with van der Waals surface area (Å²) in [7, 11) is 3.22. The second-order valence-corrected chi connectivity index (χ2v) is 3.10. The van der Waals surface area contributed by atoms with Crippen molar-refractivity contribution in [1.82, 2.24) is 10.6 Å². The number of methoxy groups -OCH3 is 1. The molecule has 0 bridgehead atoms. The van der Waals surface area contributed by atoms with Gasteiger partial charge < -0.3 is 15.4 Å². The molecule has 0 radical (unpaired) electrons. The third kappa shape index (κ3) is 1.59. The van der Waals surface area contributed by atoms with Gasteiger partial charge in [0.25, 0.3) is 0 Å². The summed E-state index contributed by atoms with van der Waals surface area (Å²) in [6.45, 7) is 1.65. The quantitative estimate of drug-likeness (QED) is 0.551. The smallest absolute Gasteiger partial charge is 0.327 e. The van der Waals surface area contributed by atoms with Crippen LogP contribution in [0.5, 0.6) is 0 Å². The van der Waals surface area contributed by atoms with Crippen LogP contribution in [0.3, 0.4) is 0 Å². The van der Waals surface area contributed by atoms with Crippen LogP contribution in [0.25, 0.3) is 0 Å². The van der Waals surface area contributed by atoms with Crippen LogP contribution < -0.4 is 10.6 Å². The Morgan fingerprint density at radius 2 is 2.42 bits per heavy atom. The maximum absolute atomic E-state index is 11.4. The van der Waals surface area contributed by atoms with E-state index in [9.17, 15) is 4.79 Å². The molecule has 0 aliphatic carbocycles. The van der Waals surface area contributed by atoms with Crippen LogP contribution in [0, 0.1) is 0 Å². The van der Waals surface area contributed by atoms with Crippen molar-refractivity contribution in [2.45, 2.75) is 18.4 Å². The normalized spacial score (nSPS) is 29.8. The van der Waals surface area contributed by atoms with Crippen molar-refractivity contribution in [2.75, 3.05) is 27.2 Å². The van der Waals surface area contributed by atoms with Crippen molar-refractivity contribution in [3.05, 3.63) is 0 Å². The number of hydrogen-bond acceptors (Lipinski definition) is 4. The van der Waals surface area contributed by atoms with Gasteiger partial charge in [0.1, 0.15) is 5.54 Å². The highest BCUT2D eigenvalue weighted by molar-refractivity contribution is 5.81. The summed E-state index contributed by atoms with van der Waals surface area (Å²) in [5.74, 6) is -0.169. The van der Waals surface area contributed by atoms with Crippen LogP contribution in [0.1, 0.15) is 12.8 Å². The monoisotopic (exact) mass is 172 g/mol. The molecule has 4 heteroatoms. The van der Waals surface area contributed by atoms with Crippen LogP contribution >= 0.6 is 0 Å². The highest BCUT2D eigenvalue weighted by atomic mass is 16.5. The van der Waals surface area contributed by atoms with Gasteiger partial charge in [0.15, 0.2) is 0 Å². The van der Waals surface area contributed by atoms with Crippen LogP contribution in [-0.2, 0) is 9.53 Å². The molecule has 1 atom stereocenters. The molecular weight excluding hydrogens is 156 g/mol. The summed E-state index contributed by atoms with van der Waals surface area (Å²) in [5, 5.41) is 6.21. The molecule has 0 saturated carbocycles. The lowest BCUT2D eigenvalue weighted by molar-refractivity contribution is -0.149. The molecule has 1 unspecified atom stereocenters. The van der Waals surface area contributed by atoms with Crippen LogP contribution in [0.4, 0.5) is 0 Å². The van der Waals surface area contributed by atoms with E-state index in [0.29, 0.717) is 6.54 Å². The van der Waals surface area contributed by atoms with Crippen LogP contribution in [-0.4, -0.2) is 38.8 Å². The van der Waals surface area contributed by atoms with Gasteiger partial charge in [-0.1, -0.05) is 0 Å². The van der Waals surface area contributed by atoms with E-state index in [1.807, 2.05) is 0 Å². The Morgan fingerprint density at radius 1 is 1.67 bits per heavy atom. The molecular formula is C8H16N2O2. The molecule has 0 aromatic heterocycles. The number of carbonyl (C=O) groups excluding carboxylic acids is 1. The first-order valence-corrected chi connectivity index (χ1v) is 4.23. The molecule has 2 N–H and O–H groups in total. The molecule has 70 valence electrons. The van der Waals surface area contributed by atoms with Gasteiger partial charge >= 0.3 is 5.97 Å². The predicted octanol–water partition coefficient (Wildman–Crippen LogP) is -0.499. The lowest BCUT2D eigenvalue weighted by Crippen LogP contribution is -2.60. The predicted molar refractivity (Wildman–Crippen MR) is 45.9 cm³/mol. The van der Waals surface area contributed by atoms with E-state index in [-0.39, 0.29) is 5.97 Å². The maximum atomic E-state index is 11.4. The zero-order valence-electron chi connectivity index (χ0n) is 7.64. The van der Waals surface area contributed by atoms with Crippen molar-refractivity contribution in [2.24, 2.45) is 0 Å². The van der Waals surface area contributed by atoms with Crippen molar-refractivity contribution in [3.8, 4) is 0 Å². The van der Waals surface area contributed by atoms with Crippen molar-refractivity contribution >= 4 is 5.97 Å². The second kappa shape index (κ2) is 3.87. The van der Waals surface area contributed by atoms with Gasteiger partial charge in [-0.3, -0.25) is 4.79 Å². The first-order chi connectivity index (χ1) is 5.75. The van der Waals surface area contributed by atoms with E-state index in [4.69, 9.17) is 4.74 Å². The summed E-state index contributed by atoms with van der Waals surface area (Å²) < 4.78 is 4.74. The molecule has 0 amide bonds. The van der Waals surface area contributed by atoms with Gasteiger partial charge in [0.05, 0.1) is 7.11 Å². The summed E-state index contributed by atoms with van der Waals surface area (Å²) in [5.41, 5.74) is -0.493. The molecule has 0 aromatic carbocycles. The molecule has 1 rings (SSSR count). The Bertz CT molecular complexity index is 164. The molecule has 1 saturated heterocycles. The molecule has 1 aliphatic heterocycles. The summed E-state index contributed by atoms with van der Waals surface area (Å²) in [6, 6.07) is 0. The number of rotatable bonds is 2. The average molecular weight is 172 g/mol. The highest BCUT2D eigenvalue weighted by Gasteiger charge is 2.38. The zero-order chi connectivity index (χ0) is 9.03. The minimum absolute atomic E-state index is 0.169. The summed E-state index contributed by atoms with van der Waals surface area (Å²) in [4.78, 5) is 11.4. The fraction of sp³-hybridized carbons (Fsp3) is 0.875. The molecule has 4 nitrogen and oxygen atoms in total. The third-order valence-electron chi connectivity index (χ3n) is 2.44. The molecule has 0 spiro atoms. The van der Waals surface area contributed by atoms with E-state index in [1.165, 1.54) is 7.11 Å². The van der Waals surface area contributed by atoms with Gasteiger partial charge in [-0.15, -0.1) is 0 Å². The van der Waals surface area contributed by atoms with E-state index >= 15 is 0 Å². The van der Waals surface area contributed by atoms with Crippen molar-refractivity contribution in [1.29, 1.82) is 0 Å². The standard InChI is InChI=1S/C8H16N2O2/c1-9-8(7(11)12-2)4-3-5-10-6-8/h9-10H,3-6H2,1-2H3. The van der Waals surface area contributed by atoms with Crippen LogP contribution in [0.15, 0.2) is 0 Å². The molecule has 1 fully saturated rings. The zero-order valence-corrected chi connectivity index (χ0v) is 7.64. The fourth-order valence-corrected chi connectivity index (χ4v) is 1.59. The fourth-order valence-electron chi connectivity index (χ4n) is 1.59. The Kier molecular flexibility index (Phi) is 3.05. The van der Waals surface area contributed by atoms with E-state index in [0.717, 1.165) is 19.4 Å². The minimum Gasteiger partial charge on any atom is -0.468 e. The Balaban J connectivity index is 2.66. The largest absolute Gasteiger partial charge is 0.468 e. The molecule has 1 aliphatic rings. The average Bonchev–Trinajstić information content (AvgIpc) is 2.17. The van der Waals surface area contributed by atoms with Gasteiger partial charge in [-0.25, -0.2) is 0 Å². The second-order valence-electron chi connectivity index (χ2n) is 3.10. The lowest BCUT2D eigenvalue weighted by atomic mass is 9.90. The summed E-state index contributed by atoms with van der Waals surface area (Å²) >= 11 is 0. The first kappa shape index (κ1) is 9.48. The molecule has 1 heterocycles. The molecule has 12 heavy (non-hydrogen) atoms. The topological polar surface area (TPSA) is 50.4 Å². The first-order valence-electron chi connectivity index (χ1n) is 4.23. The maximum Gasteiger partial charge on any atom is 0.327 e. The Morgan fingerprint density at radius 3 is 2.83 bits per heavy atom. The third-order valence-corrected chi connectivity index (χ3v) is 2.44. The summed E-state index contributed by atoms with van der Waals surface area (Å²) in [6.07, 6.45) is 1.86. The van der Waals surface area contributed by atoms with E-state index < -0.39 is 5.54 Å². The Hall–Kier alpha value is -0.610. The van der Waals surface area contributed by atoms with Crippen molar-refractivity contribution < 1.29 is 9.53 Å². The number of hydrogen-bond donors (Lipinski definition) is 2. The van der Waals surface area contributed by atoms with Gasteiger partial charge in [-0.2, -0.15) is 0 Å². The number of esters is 1. The lowest BCUT2D eigenvalue weighted by Gasteiger charge is -2.34. The number of piperidine rings is 1. The van der Waals surface area contributed by atoms with Crippen molar-refractivity contribution in [3.63, 3.8) is 0 Å². The van der Waals surface area contributed by atoms with Gasteiger partial charge in [0.2, 0.25) is 0 Å². The number of likely N-dealkylation sites (N-methyl/N-ethyl adjacent to an activating group) is 1. The number of carbonyl (C=O) groups is 1. The number of ether oxygens (including phenoxy) is 1. The number of nitrogens with one attached hydrogen (secondary N) is 2. The Labute approximate surface area is 72.7 Å². The van der Waals surface area contributed by atoms with Crippen LogP contribution in [0.2, 0.25) is 0 Å². The van der Waals surface area contributed by atoms with Gasteiger partial charge in [0, 0.05) is 6.54 Å². The van der Waals surface area contributed by atoms with E-state index in [2.05, 4.69) is 10.6 Å².